The zero-order valence-corrected chi connectivity index (χ0v) is 14.2. The van der Waals surface area contributed by atoms with Gasteiger partial charge in [-0.05, 0) is 29.7 Å². The minimum absolute atomic E-state index is 0.0366. The van der Waals surface area contributed by atoms with Gasteiger partial charge in [0.15, 0.2) is 0 Å². The summed E-state index contributed by atoms with van der Waals surface area (Å²) in [6.07, 6.45) is 2.81. The maximum atomic E-state index is 12.3. The number of hydrogen-bond acceptors (Lipinski definition) is 3. The summed E-state index contributed by atoms with van der Waals surface area (Å²) in [5.41, 5.74) is 5.55. The molecular formula is C20H21N3O2. The molecule has 0 radical (unpaired) electrons. The molecule has 3 rings (SSSR count). The van der Waals surface area contributed by atoms with Gasteiger partial charge in [-0.15, -0.1) is 0 Å². The molecule has 0 spiro atoms. The summed E-state index contributed by atoms with van der Waals surface area (Å²) in [5.74, 6) is -0.647. The molecule has 0 saturated carbocycles. The Labute approximate surface area is 147 Å². The molecule has 2 aromatic carbocycles. The van der Waals surface area contributed by atoms with Gasteiger partial charge in [0, 0.05) is 18.7 Å². The van der Waals surface area contributed by atoms with Crippen molar-refractivity contribution >= 4 is 23.7 Å². The number of carbonyl (C=O) groups is 2. The van der Waals surface area contributed by atoms with Crippen molar-refractivity contribution in [3.8, 4) is 0 Å². The highest BCUT2D eigenvalue weighted by Gasteiger charge is 2.34. The molecule has 1 N–H and O–H groups in total. The zero-order valence-electron chi connectivity index (χ0n) is 14.2. The van der Waals surface area contributed by atoms with Crippen LogP contribution < -0.4 is 10.3 Å². The Kier molecular flexibility index (Phi) is 5.23. The van der Waals surface area contributed by atoms with Gasteiger partial charge in [-0.1, -0.05) is 49.4 Å². The van der Waals surface area contributed by atoms with E-state index in [0.29, 0.717) is 6.54 Å². The van der Waals surface area contributed by atoms with Crippen LogP contribution in [0.5, 0.6) is 0 Å². The van der Waals surface area contributed by atoms with Gasteiger partial charge < -0.3 is 4.90 Å². The normalized spacial score (nSPS) is 17.2. The first kappa shape index (κ1) is 16.9. The van der Waals surface area contributed by atoms with Crippen LogP contribution in [0.3, 0.4) is 0 Å². The van der Waals surface area contributed by atoms with Crippen LogP contribution in [-0.4, -0.2) is 24.6 Å². The van der Waals surface area contributed by atoms with E-state index < -0.39 is 0 Å². The van der Waals surface area contributed by atoms with Crippen LogP contribution in [0.25, 0.3) is 0 Å². The topological polar surface area (TPSA) is 61.8 Å². The van der Waals surface area contributed by atoms with Crippen molar-refractivity contribution < 1.29 is 9.59 Å². The van der Waals surface area contributed by atoms with E-state index in [1.54, 1.807) is 11.1 Å². The van der Waals surface area contributed by atoms with Gasteiger partial charge in [0.2, 0.25) is 11.8 Å². The van der Waals surface area contributed by atoms with Gasteiger partial charge in [-0.25, -0.2) is 5.43 Å². The Bertz CT molecular complexity index is 769. The molecule has 0 aromatic heterocycles. The Morgan fingerprint density at radius 2 is 1.92 bits per heavy atom. The summed E-state index contributed by atoms with van der Waals surface area (Å²) < 4.78 is 0. The smallest absolute Gasteiger partial charge is 0.245 e. The number of anilines is 1. The minimum Gasteiger partial charge on any atom is -0.312 e. The van der Waals surface area contributed by atoms with Crippen LogP contribution in [0.1, 0.15) is 24.5 Å². The molecule has 5 nitrogen and oxygen atoms in total. The molecule has 1 heterocycles. The van der Waals surface area contributed by atoms with E-state index in [2.05, 4.69) is 17.5 Å². The van der Waals surface area contributed by atoms with Gasteiger partial charge in [0.1, 0.15) is 0 Å². The molecule has 1 atom stereocenters. The average molecular weight is 335 g/mol. The molecule has 1 aliphatic heterocycles. The number of benzene rings is 2. The summed E-state index contributed by atoms with van der Waals surface area (Å²) in [6, 6.07) is 17.4. The van der Waals surface area contributed by atoms with E-state index in [1.165, 1.54) is 5.56 Å². The first-order valence-electron chi connectivity index (χ1n) is 8.44. The molecule has 1 saturated heterocycles. The highest BCUT2D eigenvalue weighted by Crippen LogP contribution is 2.24. The first-order valence-corrected chi connectivity index (χ1v) is 8.44. The molecule has 128 valence electrons. The van der Waals surface area contributed by atoms with Crippen molar-refractivity contribution in [3.63, 3.8) is 0 Å². The second-order valence-electron chi connectivity index (χ2n) is 6.07. The summed E-state index contributed by atoms with van der Waals surface area (Å²) >= 11 is 0. The molecule has 0 unspecified atom stereocenters. The van der Waals surface area contributed by atoms with Crippen molar-refractivity contribution in [2.75, 3.05) is 11.4 Å². The molecule has 0 aliphatic carbocycles. The second-order valence-corrected chi connectivity index (χ2v) is 6.07. The third-order valence-corrected chi connectivity index (χ3v) is 4.34. The number of hydrogen-bond donors (Lipinski definition) is 1. The van der Waals surface area contributed by atoms with Gasteiger partial charge in [-0.3, -0.25) is 9.59 Å². The third-order valence-electron chi connectivity index (χ3n) is 4.34. The largest absolute Gasteiger partial charge is 0.312 e. The molecular weight excluding hydrogens is 314 g/mol. The lowest BCUT2D eigenvalue weighted by atomic mass is 10.1. The fourth-order valence-electron chi connectivity index (χ4n) is 2.84. The van der Waals surface area contributed by atoms with E-state index >= 15 is 0 Å². The van der Waals surface area contributed by atoms with E-state index in [1.807, 2.05) is 54.6 Å². The molecule has 2 aromatic rings. The van der Waals surface area contributed by atoms with Gasteiger partial charge >= 0.3 is 0 Å². The number of carbonyl (C=O) groups excluding carboxylic acids is 2. The third kappa shape index (κ3) is 4.12. The van der Waals surface area contributed by atoms with Gasteiger partial charge in [0.05, 0.1) is 12.1 Å². The van der Waals surface area contributed by atoms with Crippen LogP contribution in [0, 0.1) is 5.92 Å². The van der Waals surface area contributed by atoms with Crippen LogP contribution in [0.2, 0.25) is 0 Å². The van der Waals surface area contributed by atoms with Crippen molar-refractivity contribution in [1.82, 2.24) is 5.43 Å². The number of hydrazone groups is 1. The second kappa shape index (κ2) is 7.75. The maximum Gasteiger partial charge on any atom is 0.245 e. The van der Waals surface area contributed by atoms with Crippen molar-refractivity contribution in [2.24, 2.45) is 11.0 Å². The minimum atomic E-state index is -0.382. The Balaban J connectivity index is 1.56. The van der Waals surface area contributed by atoms with Gasteiger partial charge in [-0.2, -0.15) is 5.10 Å². The van der Waals surface area contributed by atoms with Crippen molar-refractivity contribution in [3.05, 3.63) is 65.7 Å². The number of amides is 2. The van der Waals surface area contributed by atoms with Crippen LogP contribution in [0.15, 0.2) is 59.7 Å². The number of rotatable bonds is 5. The first-order chi connectivity index (χ1) is 12.2. The fraction of sp³-hybridized carbons (Fsp3) is 0.250. The Morgan fingerprint density at radius 1 is 1.20 bits per heavy atom. The van der Waals surface area contributed by atoms with Crippen LogP contribution in [-0.2, 0) is 16.0 Å². The summed E-state index contributed by atoms with van der Waals surface area (Å²) in [7, 11) is 0. The number of para-hydroxylation sites is 1. The molecule has 1 aliphatic rings. The number of nitrogens with one attached hydrogen (secondary N) is 1. The quantitative estimate of drug-likeness (QED) is 0.674. The van der Waals surface area contributed by atoms with Crippen LogP contribution >= 0.6 is 0 Å². The standard InChI is InChI=1S/C20H21N3O2/c1-2-15-8-10-16(11-9-15)13-21-22-20(25)17-12-19(24)23(14-17)18-6-4-3-5-7-18/h3-11,13,17H,2,12,14H2,1H3,(H,22,25)/b21-13-/t17-/m1/s1. The van der Waals surface area contributed by atoms with E-state index in [-0.39, 0.29) is 24.2 Å². The van der Waals surface area contributed by atoms with Crippen molar-refractivity contribution in [2.45, 2.75) is 19.8 Å². The SMILES string of the molecule is CCc1ccc(/C=N\NC(=O)[C@@H]2CC(=O)N(c3ccccc3)C2)cc1. The fourth-order valence-corrected chi connectivity index (χ4v) is 2.84. The lowest BCUT2D eigenvalue weighted by molar-refractivity contribution is -0.126. The number of aryl methyl sites for hydroxylation is 1. The van der Waals surface area contributed by atoms with Gasteiger partial charge in [0.25, 0.3) is 0 Å². The summed E-state index contributed by atoms with van der Waals surface area (Å²) in [5, 5.41) is 4.01. The predicted octanol–water partition coefficient (Wildman–Crippen LogP) is 2.75. The lowest BCUT2D eigenvalue weighted by Crippen LogP contribution is -2.30. The molecule has 0 bridgehead atoms. The highest BCUT2D eigenvalue weighted by molar-refractivity contribution is 6.00. The van der Waals surface area contributed by atoms with E-state index in [9.17, 15) is 9.59 Å². The summed E-state index contributed by atoms with van der Waals surface area (Å²) in [6.45, 7) is 2.49. The average Bonchev–Trinajstić information content (AvgIpc) is 3.05. The van der Waals surface area contributed by atoms with Crippen LogP contribution in [0.4, 0.5) is 5.69 Å². The zero-order chi connectivity index (χ0) is 17.6. The van der Waals surface area contributed by atoms with E-state index in [0.717, 1.165) is 17.7 Å². The molecule has 25 heavy (non-hydrogen) atoms. The predicted molar refractivity (Wildman–Crippen MR) is 98.5 cm³/mol. The molecule has 5 heteroatoms. The maximum absolute atomic E-state index is 12.3. The number of nitrogens with zero attached hydrogens (tertiary/aromatic N) is 2. The lowest BCUT2D eigenvalue weighted by Gasteiger charge is -2.16. The Hall–Kier alpha value is -2.95. The highest BCUT2D eigenvalue weighted by atomic mass is 16.2. The van der Waals surface area contributed by atoms with Crippen molar-refractivity contribution in [1.29, 1.82) is 0 Å². The Morgan fingerprint density at radius 3 is 2.60 bits per heavy atom. The summed E-state index contributed by atoms with van der Waals surface area (Å²) in [4.78, 5) is 26.1. The van der Waals surface area contributed by atoms with E-state index in [4.69, 9.17) is 0 Å². The molecule has 1 fully saturated rings. The molecule has 2 amide bonds. The monoisotopic (exact) mass is 335 g/mol.